The molecule has 0 aromatic heterocycles. The van der Waals surface area contributed by atoms with Gasteiger partial charge in [-0.05, 0) is 18.6 Å². The number of nitrogens with one attached hydrogen (secondary N) is 1. The predicted molar refractivity (Wildman–Crippen MR) is 75.3 cm³/mol. The lowest BCUT2D eigenvalue weighted by molar-refractivity contribution is 0.138. The van der Waals surface area contributed by atoms with E-state index in [1.165, 1.54) is 12.1 Å². The molecular formula is C13H17Cl2FN2O. The molecule has 0 spiro atoms. The first-order valence-corrected chi connectivity index (χ1v) is 7.09. The van der Waals surface area contributed by atoms with Crippen LogP contribution in [-0.4, -0.2) is 42.8 Å². The number of hydrogen-bond donors (Lipinski definition) is 2. The molecule has 0 radical (unpaired) electrons. The summed E-state index contributed by atoms with van der Waals surface area (Å²) in [5.41, 5.74) is 0.394. The zero-order valence-electron chi connectivity index (χ0n) is 10.5. The molecule has 2 N–H and O–H groups in total. The van der Waals surface area contributed by atoms with Gasteiger partial charge in [-0.25, -0.2) is 4.39 Å². The van der Waals surface area contributed by atoms with E-state index >= 15 is 0 Å². The highest BCUT2D eigenvalue weighted by Gasteiger charge is 2.27. The highest BCUT2D eigenvalue weighted by molar-refractivity contribution is 6.42. The second kappa shape index (κ2) is 6.86. The lowest BCUT2D eigenvalue weighted by atomic mass is 10.0. The smallest absolute Gasteiger partial charge is 0.129 e. The molecule has 0 unspecified atom stereocenters. The van der Waals surface area contributed by atoms with Crippen LogP contribution < -0.4 is 5.32 Å². The maximum Gasteiger partial charge on any atom is 0.129 e. The van der Waals surface area contributed by atoms with Crippen molar-refractivity contribution in [3.8, 4) is 0 Å². The van der Waals surface area contributed by atoms with Crippen molar-refractivity contribution in [1.29, 1.82) is 0 Å². The van der Waals surface area contributed by atoms with Crippen LogP contribution in [0.3, 0.4) is 0 Å². The normalized spacial score (nSPS) is 18.5. The van der Waals surface area contributed by atoms with Crippen molar-refractivity contribution in [2.75, 3.05) is 32.8 Å². The molecule has 1 heterocycles. The lowest BCUT2D eigenvalue weighted by Crippen LogP contribution is -2.45. The van der Waals surface area contributed by atoms with Gasteiger partial charge in [0.2, 0.25) is 0 Å². The molecule has 0 amide bonds. The van der Waals surface area contributed by atoms with E-state index in [0.717, 1.165) is 26.2 Å². The molecule has 19 heavy (non-hydrogen) atoms. The topological polar surface area (TPSA) is 35.5 Å². The fourth-order valence-corrected chi connectivity index (χ4v) is 2.92. The van der Waals surface area contributed by atoms with Crippen LogP contribution in [-0.2, 0) is 0 Å². The van der Waals surface area contributed by atoms with Gasteiger partial charge in [0, 0.05) is 44.4 Å². The summed E-state index contributed by atoms with van der Waals surface area (Å²) in [5, 5.41) is 13.1. The van der Waals surface area contributed by atoms with E-state index in [0.29, 0.717) is 17.0 Å². The summed E-state index contributed by atoms with van der Waals surface area (Å²) in [5.74, 6) is -0.369. The molecule has 1 saturated heterocycles. The molecule has 106 valence electrons. The van der Waals surface area contributed by atoms with Crippen molar-refractivity contribution in [2.45, 2.75) is 12.5 Å². The van der Waals surface area contributed by atoms with Crippen LogP contribution in [0.4, 0.5) is 4.39 Å². The number of nitrogens with zero attached hydrogens (tertiary/aromatic N) is 1. The Bertz CT molecular complexity index is 439. The highest BCUT2D eigenvalue weighted by Crippen LogP contribution is 2.36. The second-order valence-corrected chi connectivity index (χ2v) is 5.36. The zero-order chi connectivity index (χ0) is 13.8. The Balaban J connectivity index is 2.35. The number of aliphatic hydroxyl groups excluding tert-OH is 1. The Morgan fingerprint density at radius 3 is 2.63 bits per heavy atom. The molecule has 1 aromatic rings. The first-order chi connectivity index (χ1) is 9.15. The Morgan fingerprint density at radius 2 is 2.00 bits per heavy atom. The van der Waals surface area contributed by atoms with Gasteiger partial charge >= 0.3 is 0 Å². The summed E-state index contributed by atoms with van der Waals surface area (Å²) in [7, 11) is 0. The monoisotopic (exact) mass is 306 g/mol. The SMILES string of the molecule is OCC[C@@H](c1c(F)ccc(Cl)c1Cl)N1CCNCC1. The van der Waals surface area contributed by atoms with Crippen LogP contribution in [0.1, 0.15) is 18.0 Å². The van der Waals surface area contributed by atoms with Crippen LogP contribution in [0.5, 0.6) is 0 Å². The summed E-state index contributed by atoms with van der Waals surface area (Å²) < 4.78 is 14.1. The van der Waals surface area contributed by atoms with E-state index in [2.05, 4.69) is 10.2 Å². The summed E-state index contributed by atoms with van der Waals surface area (Å²) in [6.07, 6.45) is 0.441. The molecular weight excluding hydrogens is 290 g/mol. The van der Waals surface area contributed by atoms with E-state index in [1.54, 1.807) is 0 Å². The predicted octanol–water partition coefficient (Wildman–Crippen LogP) is 2.46. The van der Waals surface area contributed by atoms with Crippen molar-refractivity contribution in [1.82, 2.24) is 10.2 Å². The minimum absolute atomic E-state index is 0.0170. The van der Waals surface area contributed by atoms with Crippen LogP contribution in [0, 0.1) is 5.82 Å². The van der Waals surface area contributed by atoms with Crippen molar-refractivity contribution < 1.29 is 9.50 Å². The number of halogens is 3. The summed E-state index contributed by atoms with van der Waals surface area (Å²) >= 11 is 12.1. The largest absolute Gasteiger partial charge is 0.396 e. The number of piperazine rings is 1. The van der Waals surface area contributed by atoms with Gasteiger partial charge in [0.1, 0.15) is 5.82 Å². The number of rotatable bonds is 4. The van der Waals surface area contributed by atoms with E-state index in [4.69, 9.17) is 23.2 Å². The minimum Gasteiger partial charge on any atom is -0.396 e. The molecule has 0 aliphatic carbocycles. The van der Waals surface area contributed by atoms with Gasteiger partial charge in [0.15, 0.2) is 0 Å². The molecule has 3 nitrogen and oxygen atoms in total. The molecule has 2 rings (SSSR count). The highest BCUT2D eigenvalue weighted by atomic mass is 35.5. The molecule has 0 bridgehead atoms. The molecule has 1 aliphatic heterocycles. The van der Waals surface area contributed by atoms with Gasteiger partial charge in [0.05, 0.1) is 10.0 Å². The first kappa shape index (κ1) is 15.0. The Morgan fingerprint density at radius 1 is 1.32 bits per heavy atom. The fraction of sp³-hybridized carbons (Fsp3) is 0.538. The maximum absolute atomic E-state index is 14.1. The zero-order valence-corrected chi connectivity index (χ0v) is 12.0. The van der Waals surface area contributed by atoms with Crippen molar-refractivity contribution >= 4 is 23.2 Å². The molecule has 6 heteroatoms. The fourth-order valence-electron chi connectivity index (χ4n) is 2.47. The summed E-state index contributed by atoms with van der Waals surface area (Å²) in [4.78, 5) is 2.13. The number of benzene rings is 1. The second-order valence-electron chi connectivity index (χ2n) is 4.57. The molecule has 1 aliphatic rings. The Kier molecular flexibility index (Phi) is 5.42. The third-order valence-electron chi connectivity index (χ3n) is 3.41. The minimum atomic E-state index is -0.369. The lowest BCUT2D eigenvalue weighted by Gasteiger charge is -2.35. The Hall–Kier alpha value is -0.390. The summed E-state index contributed by atoms with van der Waals surface area (Å²) in [6, 6.07) is 2.55. The van der Waals surface area contributed by atoms with Gasteiger partial charge in [-0.3, -0.25) is 4.90 Å². The van der Waals surface area contributed by atoms with Gasteiger partial charge < -0.3 is 10.4 Å². The molecule has 1 atom stereocenters. The molecule has 1 fully saturated rings. The molecule has 1 aromatic carbocycles. The van der Waals surface area contributed by atoms with E-state index in [1.807, 2.05) is 0 Å². The van der Waals surface area contributed by atoms with Gasteiger partial charge in [-0.15, -0.1) is 0 Å². The van der Waals surface area contributed by atoms with Gasteiger partial charge in [-0.1, -0.05) is 23.2 Å². The third kappa shape index (κ3) is 3.38. The third-order valence-corrected chi connectivity index (χ3v) is 4.23. The van der Waals surface area contributed by atoms with E-state index in [-0.39, 0.29) is 23.5 Å². The van der Waals surface area contributed by atoms with E-state index < -0.39 is 0 Å². The van der Waals surface area contributed by atoms with Crippen LogP contribution in [0.25, 0.3) is 0 Å². The van der Waals surface area contributed by atoms with Crippen LogP contribution >= 0.6 is 23.2 Å². The quantitative estimate of drug-likeness (QED) is 0.839. The average molecular weight is 307 g/mol. The standard InChI is InChI=1S/C13H17Cl2FN2O/c14-9-1-2-10(16)12(13(9)15)11(3-8-19)18-6-4-17-5-7-18/h1-2,11,17,19H,3-8H2/t11-/m0/s1. The first-order valence-electron chi connectivity index (χ1n) is 6.34. The van der Waals surface area contributed by atoms with Crippen molar-refractivity contribution in [3.05, 3.63) is 33.6 Å². The maximum atomic E-state index is 14.1. The van der Waals surface area contributed by atoms with Crippen molar-refractivity contribution in [3.63, 3.8) is 0 Å². The van der Waals surface area contributed by atoms with Gasteiger partial charge in [0.25, 0.3) is 0 Å². The summed E-state index contributed by atoms with van der Waals surface area (Å²) in [6.45, 7) is 3.28. The van der Waals surface area contributed by atoms with E-state index in [9.17, 15) is 9.50 Å². The average Bonchev–Trinajstić information content (AvgIpc) is 2.43. The van der Waals surface area contributed by atoms with Gasteiger partial charge in [-0.2, -0.15) is 0 Å². The Labute approximate surface area is 122 Å². The molecule has 0 saturated carbocycles. The van der Waals surface area contributed by atoms with Crippen LogP contribution in [0.15, 0.2) is 12.1 Å². The van der Waals surface area contributed by atoms with Crippen LogP contribution in [0.2, 0.25) is 10.0 Å². The number of hydrogen-bond acceptors (Lipinski definition) is 3. The number of aliphatic hydroxyl groups is 1. The van der Waals surface area contributed by atoms with Crippen molar-refractivity contribution in [2.24, 2.45) is 0 Å².